The summed E-state index contributed by atoms with van der Waals surface area (Å²) in [6.07, 6.45) is 2.88. The van der Waals surface area contributed by atoms with Crippen LogP contribution in [0.3, 0.4) is 0 Å². The smallest absolute Gasteiger partial charge is 0.255 e. The molecule has 1 heterocycles. The highest BCUT2D eigenvalue weighted by molar-refractivity contribution is 7.92. The Morgan fingerprint density at radius 3 is 2.42 bits per heavy atom. The third kappa shape index (κ3) is 4.29. The van der Waals surface area contributed by atoms with Crippen molar-refractivity contribution in [2.24, 2.45) is 0 Å². The summed E-state index contributed by atoms with van der Waals surface area (Å²) < 4.78 is 47.0. The Balaban J connectivity index is 1.80. The number of carbonyl (C=O) groups excluding carboxylic acids is 1. The first-order chi connectivity index (χ1) is 17.1. The van der Waals surface area contributed by atoms with Crippen LogP contribution in [0.2, 0.25) is 5.02 Å². The first-order valence-corrected chi connectivity index (χ1v) is 13.4. The average molecular weight is 528 g/mol. The molecule has 10 heteroatoms. The molecule has 0 bridgehead atoms. The molecule has 1 aliphatic rings. The molecule has 0 saturated heterocycles. The van der Waals surface area contributed by atoms with Gasteiger partial charge in [-0.1, -0.05) is 11.6 Å². The zero-order chi connectivity index (χ0) is 25.8. The van der Waals surface area contributed by atoms with Crippen LogP contribution >= 0.6 is 11.6 Å². The lowest BCUT2D eigenvalue weighted by Crippen LogP contribution is -2.25. The van der Waals surface area contributed by atoms with E-state index in [1.165, 1.54) is 41.7 Å². The average Bonchev–Trinajstić information content (AvgIpc) is 3.61. The van der Waals surface area contributed by atoms with Gasteiger partial charge in [-0.25, -0.2) is 17.1 Å². The Morgan fingerprint density at radius 1 is 1.14 bits per heavy atom. The number of hydrogen-bond donors (Lipinski definition) is 2. The molecule has 0 aliphatic heterocycles. The van der Waals surface area contributed by atoms with Crippen LogP contribution < -0.4 is 15.4 Å². The Kier molecular flexibility index (Phi) is 5.92. The minimum Gasteiger partial charge on any atom is -0.455 e. The quantitative estimate of drug-likeness (QED) is 0.308. The van der Waals surface area contributed by atoms with Crippen LogP contribution in [0.25, 0.3) is 22.3 Å². The molecule has 1 amide bonds. The van der Waals surface area contributed by atoms with Crippen LogP contribution in [-0.2, 0) is 10.0 Å². The molecular formula is C26H23ClFN3O4S. The zero-order valence-electron chi connectivity index (χ0n) is 19.5. The van der Waals surface area contributed by atoms with Gasteiger partial charge in [0.05, 0.1) is 33.9 Å². The standard InChI is InChI=1S/C26H23ClFN3O4S/c1-30-26(32)24-19-12-18(14-3-4-14)22(13-23(19)35-25(24)15-5-7-16(28)8-6-15)31(36(2,33)34)17-9-10-21(29)20(27)11-17/h5-14H,3-4,29H2,1-2H3,(H,30,32). The van der Waals surface area contributed by atoms with Crippen LogP contribution in [0.5, 0.6) is 0 Å². The maximum Gasteiger partial charge on any atom is 0.255 e. The van der Waals surface area contributed by atoms with Gasteiger partial charge in [-0.3, -0.25) is 4.79 Å². The molecule has 0 atom stereocenters. The molecule has 3 N–H and O–H groups in total. The molecule has 4 aromatic rings. The van der Waals surface area contributed by atoms with Crippen molar-refractivity contribution in [3.8, 4) is 11.3 Å². The van der Waals surface area contributed by atoms with Gasteiger partial charge in [0.2, 0.25) is 10.0 Å². The van der Waals surface area contributed by atoms with Crippen molar-refractivity contribution in [3.05, 3.63) is 76.6 Å². The number of carbonyl (C=O) groups is 1. The predicted molar refractivity (Wildman–Crippen MR) is 140 cm³/mol. The van der Waals surface area contributed by atoms with E-state index in [1.807, 2.05) is 6.07 Å². The molecular weight excluding hydrogens is 505 g/mol. The number of nitrogen functional groups attached to an aromatic ring is 1. The largest absolute Gasteiger partial charge is 0.455 e. The van der Waals surface area contributed by atoms with E-state index in [0.29, 0.717) is 39.2 Å². The number of nitrogens with one attached hydrogen (secondary N) is 1. The lowest BCUT2D eigenvalue weighted by molar-refractivity contribution is 0.0964. The fraction of sp³-hybridized carbons (Fsp3) is 0.192. The molecule has 0 radical (unpaired) electrons. The second-order valence-corrected chi connectivity index (χ2v) is 11.0. The van der Waals surface area contributed by atoms with Gasteiger partial charge in [-0.05, 0) is 72.9 Å². The molecule has 5 rings (SSSR count). The summed E-state index contributed by atoms with van der Waals surface area (Å²) in [6, 6.07) is 13.7. The van der Waals surface area contributed by atoms with E-state index >= 15 is 0 Å². The summed E-state index contributed by atoms with van der Waals surface area (Å²) in [5.41, 5.74) is 8.84. The van der Waals surface area contributed by atoms with Crippen LogP contribution in [0.1, 0.15) is 34.7 Å². The lowest BCUT2D eigenvalue weighted by Gasteiger charge is -2.25. The van der Waals surface area contributed by atoms with Crippen LogP contribution in [0, 0.1) is 5.82 Å². The fourth-order valence-electron chi connectivity index (χ4n) is 4.35. The van der Waals surface area contributed by atoms with Crippen molar-refractivity contribution in [2.45, 2.75) is 18.8 Å². The highest BCUT2D eigenvalue weighted by Gasteiger charge is 2.34. The maximum absolute atomic E-state index is 13.6. The number of nitrogens with zero attached hydrogens (tertiary/aromatic N) is 1. The van der Waals surface area contributed by atoms with Crippen molar-refractivity contribution in [2.75, 3.05) is 23.3 Å². The minimum absolute atomic E-state index is 0.125. The normalized spacial score (nSPS) is 13.7. The molecule has 0 unspecified atom stereocenters. The molecule has 186 valence electrons. The van der Waals surface area contributed by atoms with E-state index in [2.05, 4.69) is 5.32 Å². The summed E-state index contributed by atoms with van der Waals surface area (Å²) in [5.74, 6) is -0.391. The Labute approximate surface area is 212 Å². The Hall–Kier alpha value is -3.56. The molecule has 36 heavy (non-hydrogen) atoms. The summed E-state index contributed by atoms with van der Waals surface area (Å²) >= 11 is 6.22. The lowest BCUT2D eigenvalue weighted by atomic mass is 10.00. The van der Waals surface area contributed by atoms with Crippen molar-refractivity contribution in [3.63, 3.8) is 0 Å². The SMILES string of the molecule is CNC(=O)c1c(-c2ccc(F)cc2)oc2cc(N(c3ccc(N)c(Cl)c3)S(C)(=O)=O)c(C3CC3)cc12. The van der Waals surface area contributed by atoms with E-state index in [4.69, 9.17) is 21.8 Å². The van der Waals surface area contributed by atoms with Gasteiger partial charge in [-0.15, -0.1) is 0 Å². The van der Waals surface area contributed by atoms with Gasteiger partial charge in [-0.2, -0.15) is 0 Å². The van der Waals surface area contributed by atoms with E-state index in [0.717, 1.165) is 24.7 Å². The second-order valence-electron chi connectivity index (χ2n) is 8.81. The van der Waals surface area contributed by atoms with E-state index in [1.54, 1.807) is 18.2 Å². The highest BCUT2D eigenvalue weighted by atomic mass is 35.5. The number of anilines is 3. The number of benzene rings is 3. The minimum atomic E-state index is -3.81. The molecule has 7 nitrogen and oxygen atoms in total. The number of nitrogens with two attached hydrogens (primary N) is 1. The first-order valence-electron chi connectivity index (χ1n) is 11.2. The number of halogens is 2. The van der Waals surface area contributed by atoms with Crippen molar-refractivity contribution in [1.29, 1.82) is 0 Å². The topological polar surface area (TPSA) is 106 Å². The van der Waals surface area contributed by atoms with Crippen LogP contribution in [0.15, 0.2) is 59.0 Å². The van der Waals surface area contributed by atoms with Gasteiger partial charge in [0.1, 0.15) is 17.2 Å². The maximum atomic E-state index is 13.6. The van der Waals surface area contributed by atoms with E-state index in [9.17, 15) is 17.6 Å². The van der Waals surface area contributed by atoms with Crippen molar-refractivity contribution in [1.82, 2.24) is 5.32 Å². The summed E-state index contributed by atoms with van der Waals surface area (Å²) in [4.78, 5) is 12.9. The van der Waals surface area contributed by atoms with Crippen molar-refractivity contribution < 1.29 is 22.0 Å². The molecule has 1 saturated carbocycles. The third-order valence-corrected chi connectivity index (χ3v) is 7.58. The fourth-order valence-corrected chi connectivity index (χ4v) is 5.54. The first kappa shape index (κ1) is 24.1. The number of furan rings is 1. The summed E-state index contributed by atoms with van der Waals surface area (Å²) in [6.45, 7) is 0. The second kappa shape index (κ2) is 8.83. The van der Waals surface area contributed by atoms with Crippen LogP contribution in [-0.4, -0.2) is 27.6 Å². The molecule has 1 aromatic heterocycles. The number of fused-ring (bicyclic) bond motifs is 1. The van der Waals surface area contributed by atoms with Gasteiger partial charge >= 0.3 is 0 Å². The number of amides is 1. The van der Waals surface area contributed by atoms with Gasteiger partial charge in [0.25, 0.3) is 5.91 Å². The highest BCUT2D eigenvalue weighted by Crippen LogP contribution is 2.49. The van der Waals surface area contributed by atoms with Crippen LogP contribution in [0.4, 0.5) is 21.5 Å². The zero-order valence-corrected chi connectivity index (χ0v) is 21.1. The summed E-state index contributed by atoms with van der Waals surface area (Å²) in [7, 11) is -2.29. The predicted octanol–water partition coefficient (Wildman–Crippen LogP) is 5.81. The molecule has 3 aromatic carbocycles. The van der Waals surface area contributed by atoms with Gasteiger partial charge in [0, 0.05) is 24.1 Å². The van der Waals surface area contributed by atoms with Crippen molar-refractivity contribution >= 4 is 55.6 Å². The third-order valence-electron chi connectivity index (χ3n) is 6.18. The Morgan fingerprint density at radius 2 is 1.83 bits per heavy atom. The van der Waals surface area contributed by atoms with E-state index in [-0.39, 0.29) is 22.6 Å². The van der Waals surface area contributed by atoms with E-state index < -0.39 is 15.8 Å². The molecule has 1 fully saturated rings. The number of rotatable bonds is 6. The number of hydrogen-bond acceptors (Lipinski definition) is 5. The molecule has 1 aliphatic carbocycles. The number of sulfonamides is 1. The molecule has 0 spiro atoms. The van der Waals surface area contributed by atoms with Gasteiger partial charge in [0.15, 0.2) is 0 Å². The Bertz CT molecular complexity index is 1610. The summed E-state index contributed by atoms with van der Waals surface area (Å²) in [5, 5.41) is 3.41. The van der Waals surface area contributed by atoms with Gasteiger partial charge < -0.3 is 15.5 Å². The monoisotopic (exact) mass is 527 g/mol.